The largest absolute Gasteiger partial charge is 0.245 e. The number of hydrogen-bond donors (Lipinski definition) is 1. The van der Waals surface area contributed by atoms with Crippen molar-refractivity contribution in [2.24, 2.45) is 0 Å². The van der Waals surface area contributed by atoms with Crippen molar-refractivity contribution in [3.05, 3.63) is 44.4 Å². The zero-order valence-corrected chi connectivity index (χ0v) is 13.8. The molecule has 0 spiro atoms. The molecule has 0 radical (unpaired) electrons. The number of thiazole rings is 1. The van der Waals surface area contributed by atoms with E-state index in [2.05, 4.69) is 9.71 Å². The van der Waals surface area contributed by atoms with Crippen molar-refractivity contribution < 1.29 is 8.42 Å². The van der Waals surface area contributed by atoms with Gasteiger partial charge in [-0.15, -0.1) is 11.3 Å². The van der Waals surface area contributed by atoms with Gasteiger partial charge >= 0.3 is 0 Å². The predicted molar refractivity (Wildman–Crippen MR) is 81.8 cm³/mol. The minimum absolute atomic E-state index is 0.101. The minimum atomic E-state index is -3.63. The van der Waals surface area contributed by atoms with E-state index in [1.165, 1.54) is 11.3 Å². The number of sulfonamides is 1. The number of halogens is 1. The van der Waals surface area contributed by atoms with E-state index in [9.17, 15) is 8.42 Å². The first kappa shape index (κ1) is 15.4. The van der Waals surface area contributed by atoms with Crippen LogP contribution in [0, 0.1) is 20.8 Å². The molecule has 108 valence electrons. The molecule has 0 aliphatic rings. The lowest BCUT2D eigenvalue weighted by Crippen LogP contribution is -2.23. The molecule has 0 saturated heterocycles. The highest BCUT2D eigenvalue weighted by molar-refractivity contribution is 7.89. The molecule has 0 saturated carbocycles. The molecule has 7 heteroatoms. The number of nitrogens with zero attached hydrogens (tertiary/aromatic N) is 1. The molecular weight excluding hydrogens is 316 g/mol. The van der Waals surface area contributed by atoms with Gasteiger partial charge in [0.2, 0.25) is 10.0 Å². The third-order valence-electron chi connectivity index (χ3n) is 2.86. The van der Waals surface area contributed by atoms with Crippen LogP contribution in [0.5, 0.6) is 0 Å². The number of rotatable bonds is 4. The van der Waals surface area contributed by atoms with Crippen LogP contribution in [0.25, 0.3) is 0 Å². The molecule has 0 fully saturated rings. The van der Waals surface area contributed by atoms with Gasteiger partial charge in [-0.25, -0.2) is 18.1 Å². The van der Waals surface area contributed by atoms with Crippen molar-refractivity contribution in [1.29, 1.82) is 0 Å². The normalized spacial score (nSPS) is 11.8. The second kappa shape index (κ2) is 5.81. The molecule has 0 unspecified atom stereocenters. The molecule has 2 rings (SSSR count). The number of hydrogen-bond acceptors (Lipinski definition) is 4. The fourth-order valence-corrected chi connectivity index (χ4v) is 4.20. The second-order valence-electron chi connectivity index (χ2n) is 4.51. The maximum Gasteiger partial charge on any atom is 0.242 e. The van der Waals surface area contributed by atoms with Crippen LogP contribution < -0.4 is 4.72 Å². The van der Waals surface area contributed by atoms with Crippen LogP contribution in [0.1, 0.15) is 21.1 Å². The highest BCUT2D eigenvalue weighted by Gasteiger charge is 2.18. The maximum absolute atomic E-state index is 12.3. The first-order chi connectivity index (χ1) is 9.29. The van der Waals surface area contributed by atoms with Crippen molar-refractivity contribution >= 4 is 33.0 Å². The van der Waals surface area contributed by atoms with E-state index in [1.54, 1.807) is 18.2 Å². The average Bonchev–Trinajstić information content (AvgIpc) is 2.69. The van der Waals surface area contributed by atoms with E-state index in [0.29, 0.717) is 0 Å². The van der Waals surface area contributed by atoms with Gasteiger partial charge in [-0.3, -0.25) is 0 Å². The summed E-state index contributed by atoms with van der Waals surface area (Å²) in [6.45, 7) is 5.86. The molecule has 20 heavy (non-hydrogen) atoms. The van der Waals surface area contributed by atoms with Crippen LogP contribution in [-0.2, 0) is 16.6 Å². The first-order valence-electron chi connectivity index (χ1n) is 5.98. The van der Waals surface area contributed by atoms with Crippen LogP contribution in [0.2, 0.25) is 5.02 Å². The van der Waals surface area contributed by atoms with Gasteiger partial charge in [0, 0.05) is 4.88 Å². The molecule has 4 nitrogen and oxygen atoms in total. The molecule has 0 aliphatic carbocycles. The van der Waals surface area contributed by atoms with Gasteiger partial charge in [-0.2, -0.15) is 0 Å². The summed E-state index contributed by atoms with van der Waals surface area (Å²) in [7, 11) is -3.63. The van der Waals surface area contributed by atoms with Crippen LogP contribution in [0.3, 0.4) is 0 Å². The Labute approximate surface area is 127 Å². The van der Waals surface area contributed by atoms with Crippen molar-refractivity contribution in [3.8, 4) is 0 Å². The van der Waals surface area contributed by atoms with Gasteiger partial charge in [0.25, 0.3) is 0 Å². The molecular formula is C13H15ClN2O2S2. The topological polar surface area (TPSA) is 59.1 Å². The summed E-state index contributed by atoms with van der Waals surface area (Å²) in [4.78, 5) is 5.50. The summed E-state index contributed by atoms with van der Waals surface area (Å²) in [5.74, 6) is 0. The van der Waals surface area contributed by atoms with E-state index in [0.717, 1.165) is 21.1 Å². The van der Waals surface area contributed by atoms with E-state index >= 15 is 0 Å². The Bertz CT molecular complexity index is 719. The first-order valence-corrected chi connectivity index (χ1v) is 8.66. The quantitative estimate of drug-likeness (QED) is 0.936. The fraction of sp³-hybridized carbons (Fsp3) is 0.308. The molecule has 1 N–H and O–H groups in total. The fourth-order valence-electron chi connectivity index (χ4n) is 1.67. The molecule has 1 heterocycles. The van der Waals surface area contributed by atoms with Crippen molar-refractivity contribution in [2.75, 3.05) is 0 Å². The highest BCUT2D eigenvalue weighted by Crippen LogP contribution is 2.23. The molecule has 0 bridgehead atoms. The Morgan fingerprint density at radius 2 is 2.00 bits per heavy atom. The van der Waals surface area contributed by atoms with Crippen LogP contribution in [0.15, 0.2) is 23.1 Å². The molecule has 2 aromatic rings. The third-order valence-corrected chi connectivity index (χ3v) is 5.82. The van der Waals surface area contributed by atoms with Gasteiger partial charge in [0.15, 0.2) is 0 Å². The summed E-state index contributed by atoms with van der Waals surface area (Å²) >= 11 is 7.45. The number of aromatic nitrogens is 1. The summed E-state index contributed by atoms with van der Waals surface area (Å²) in [6.07, 6.45) is 0. The average molecular weight is 331 g/mol. The van der Waals surface area contributed by atoms with Gasteiger partial charge < -0.3 is 0 Å². The van der Waals surface area contributed by atoms with Crippen LogP contribution in [-0.4, -0.2) is 13.4 Å². The van der Waals surface area contributed by atoms with Gasteiger partial charge in [-0.1, -0.05) is 17.7 Å². The summed E-state index contributed by atoms with van der Waals surface area (Å²) in [5.41, 5.74) is 1.77. The number of benzene rings is 1. The van der Waals surface area contributed by atoms with E-state index in [1.807, 2.05) is 20.8 Å². The number of nitrogens with one attached hydrogen (secondary N) is 1. The minimum Gasteiger partial charge on any atom is -0.245 e. The predicted octanol–water partition coefficient (Wildman–Crippen LogP) is 3.20. The Kier molecular flexibility index (Phi) is 4.49. The standard InChI is InChI=1S/C13H15ClN2O2S2/c1-8-4-5-11(14)12(6-8)20(17,18)15-7-13-16-9(2)10(3)19-13/h4-6,15H,7H2,1-3H3. The molecule has 1 aromatic carbocycles. The maximum atomic E-state index is 12.3. The summed E-state index contributed by atoms with van der Waals surface area (Å²) < 4.78 is 27.0. The summed E-state index contributed by atoms with van der Waals surface area (Å²) in [6, 6.07) is 4.92. The zero-order valence-electron chi connectivity index (χ0n) is 11.4. The van der Waals surface area contributed by atoms with E-state index in [4.69, 9.17) is 11.6 Å². The zero-order chi connectivity index (χ0) is 14.9. The lowest BCUT2D eigenvalue weighted by atomic mass is 10.2. The molecule has 0 atom stereocenters. The van der Waals surface area contributed by atoms with E-state index < -0.39 is 10.0 Å². The second-order valence-corrected chi connectivity index (χ2v) is 7.94. The van der Waals surface area contributed by atoms with Crippen molar-refractivity contribution in [3.63, 3.8) is 0 Å². The van der Waals surface area contributed by atoms with Gasteiger partial charge in [0.05, 0.1) is 17.3 Å². The summed E-state index contributed by atoms with van der Waals surface area (Å²) in [5, 5.41) is 0.960. The Morgan fingerprint density at radius 1 is 1.30 bits per heavy atom. The SMILES string of the molecule is Cc1ccc(Cl)c(S(=O)(=O)NCc2nc(C)c(C)s2)c1. The van der Waals surface area contributed by atoms with Crippen molar-refractivity contribution in [2.45, 2.75) is 32.2 Å². The van der Waals surface area contributed by atoms with Gasteiger partial charge in [0.1, 0.15) is 9.90 Å². The molecule has 0 amide bonds. The van der Waals surface area contributed by atoms with Gasteiger partial charge in [-0.05, 0) is 38.5 Å². The highest BCUT2D eigenvalue weighted by atomic mass is 35.5. The Morgan fingerprint density at radius 3 is 2.60 bits per heavy atom. The van der Waals surface area contributed by atoms with E-state index in [-0.39, 0.29) is 16.5 Å². The Hall–Kier alpha value is -0.950. The number of aryl methyl sites for hydroxylation is 3. The smallest absolute Gasteiger partial charge is 0.242 e. The van der Waals surface area contributed by atoms with Crippen LogP contribution >= 0.6 is 22.9 Å². The lowest BCUT2D eigenvalue weighted by Gasteiger charge is -2.08. The lowest BCUT2D eigenvalue weighted by molar-refractivity contribution is 0.581. The molecule has 1 aromatic heterocycles. The molecule has 0 aliphatic heterocycles. The monoisotopic (exact) mass is 330 g/mol. The van der Waals surface area contributed by atoms with Crippen molar-refractivity contribution in [1.82, 2.24) is 9.71 Å². The van der Waals surface area contributed by atoms with Crippen LogP contribution in [0.4, 0.5) is 0 Å². The Balaban J connectivity index is 2.21. The third kappa shape index (κ3) is 3.38.